The molecule has 1 aliphatic heterocycles. The van der Waals surface area contributed by atoms with E-state index in [2.05, 4.69) is 66.1 Å². The van der Waals surface area contributed by atoms with E-state index in [1.165, 1.54) is 6.92 Å². The Hall–Kier alpha value is -1.27. The number of ether oxygens (including phenoxy) is 2. The maximum Gasteiger partial charge on any atom is 0.363 e. The van der Waals surface area contributed by atoms with Gasteiger partial charge in [0.2, 0.25) is 5.90 Å². The average molecular weight is 638 g/mol. The van der Waals surface area contributed by atoms with E-state index < -0.39 is 5.97 Å². The summed E-state index contributed by atoms with van der Waals surface area (Å²) in [6, 6.07) is 11.0. The summed E-state index contributed by atoms with van der Waals surface area (Å²) in [5.74, 6) is -0.111. The molecule has 0 amide bonds. The smallest absolute Gasteiger partial charge is 0.363 e. The standard InChI is InChI=1S/C18H10BrI2NO4/c1-9(23)25-16-13(20)5-10(6-14(16)21)7-15-18(24)26-17(22-15)11-3-2-4-12(19)8-11/h2-8H,1H3/b15-7-. The number of cyclic esters (lactones) is 1. The summed E-state index contributed by atoms with van der Waals surface area (Å²) >= 11 is 7.56. The van der Waals surface area contributed by atoms with Crippen LogP contribution in [0.15, 0.2) is 51.6 Å². The molecule has 0 N–H and O–H groups in total. The van der Waals surface area contributed by atoms with Crippen LogP contribution in [0.25, 0.3) is 6.08 Å². The molecule has 0 spiro atoms. The number of carbonyl (C=O) groups is 2. The zero-order valence-corrected chi connectivity index (χ0v) is 19.2. The lowest BCUT2D eigenvalue weighted by molar-refractivity contribution is -0.132. The Morgan fingerprint density at radius 3 is 2.54 bits per heavy atom. The van der Waals surface area contributed by atoms with E-state index in [1.54, 1.807) is 6.08 Å². The van der Waals surface area contributed by atoms with Gasteiger partial charge in [0.1, 0.15) is 0 Å². The lowest BCUT2D eigenvalue weighted by atomic mass is 10.2. The van der Waals surface area contributed by atoms with Crippen LogP contribution in [-0.4, -0.2) is 17.8 Å². The molecule has 132 valence electrons. The summed E-state index contributed by atoms with van der Waals surface area (Å²) in [6.07, 6.45) is 1.65. The van der Waals surface area contributed by atoms with Gasteiger partial charge in [0.15, 0.2) is 11.4 Å². The Balaban J connectivity index is 1.94. The summed E-state index contributed by atoms with van der Waals surface area (Å²) in [5.41, 5.74) is 1.69. The monoisotopic (exact) mass is 637 g/mol. The van der Waals surface area contributed by atoms with Crippen molar-refractivity contribution in [2.75, 3.05) is 0 Å². The van der Waals surface area contributed by atoms with Crippen LogP contribution in [0.1, 0.15) is 18.1 Å². The van der Waals surface area contributed by atoms with Gasteiger partial charge in [0, 0.05) is 17.0 Å². The predicted molar refractivity (Wildman–Crippen MR) is 118 cm³/mol. The molecule has 0 fully saturated rings. The number of halogens is 3. The average Bonchev–Trinajstić information content (AvgIpc) is 2.92. The van der Waals surface area contributed by atoms with Gasteiger partial charge in [0.25, 0.3) is 0 Å². The van der Waals surface area contributed by atoms with E-state index >= 15 is 0 Å². The maximum atomic E-state index is 12.1. The second kappa shape index (κ2) is 8.17. The second-order valence-corrected chi connectivity index (χ2v) is 8.49. The second-order valence-electron chi connectivity index (χ2n) is 5.25. The van der Waals surface area contributed by atoms with Crippen molar-refractivity contribution in [1.29, 1.82) is 0 Å². The first kappa shape index (κ1) is 19.5. The predicted octanol–water partition coefficient (Wildman–Crippen LogP) is 4.93. The van der Waals surface area contributed by atoms with Gasteiger partial charge in [-0.3, -0.25) is 4.79 Å². The first-order valence-electron chi connectivity index (χ1n) is 7.29. The molecule has 0 aliphatic carbocycles. The van der Waals surface area contributed by atoms with E-state index in [0.717, 1.165) is 17.2 Å². The summed E-state index contributed by atoms with van der Waals surface area (Å²) in [4.78, 5) is 27.6. The molecule has 2 aromatic carbocycles. The molecule has 26 heavy (non-hydrogen) atoms. The van der Waals surface area contributed by atoms with Crippen LogP contribution >= 0.6 is 61.1 Å². The minimum atomic E-state index is -0.506. The highest BCUT2D eigenvalue weighted by Gasteiger charge is 2.24. The number of nitrogens with zero attached hydrogens (tertiary/aromatic N) is 1. The van der Waals surface area contributed by atoms with E-state index in [0.29, 0.717) is 11.3 Å². The number of benzene rings is 2. The van der Waals surface area contributed by atoms with E-state index in [-0.39, 0.29) is 17.6 Å². The minimum absolute atomic E-state index is 0.215. The van der Waals surface area contributed by atoms with Crippen molar-refractivity contribution in [3.63, 3.8) is 0 Å². The van der Waals surface area contributed by atoms with Crippen LogP contribution < -0.4 is 4.74 Å². The van der Waals surface area contributed by atoms with E-state index in [1.807, 2.05) is 36.4 Å². The number of esters is 2. The number of aliphatic imine (C=N–C) groups is 1. The Morgan fingerprint density at radius 2 is 1.92 bits per heavy atom. The van der Waals surface area contributed by atoms with Crippen LogP contribution in [0.4, 0.5) is 0 Å². The van der Waals surface area contributed by atoms with Crippen LogP contribution in [0.2, 0.25) is 0 Å². The van der Waals surface area contributed by atoms with Gasteiger partial charge >= 0.3 is 11.9 Å². The largest absolute Gasteiger partial charge is 0.424 e. The third-order valence-electron chi connectivity index (χ3n) is 3.26. The van der Waals surface area contributed by atoms with E-state index in [4.69, 9.17) is 9.47 Å². The molecule has 0 atom stereocenters. The van der Waals surface area contributed by atoms with Gasteiger partial charge in [-0.2, -0.15) is 0 Å². The third-order valence-corrected chi connectivity index (χ3v) is 5.36. The summed E-state index contributed by atoms with van der Waals surface area (Å²) in [5, 5.41) is 0. The molecule has 0 radical (unpaired) electrons. The summed E-state index contributed by atoms with van der Waals surface area (Å²) in [6.45, 7) is 1.36. The molecule has 1 aliphatic rings. The van der Waals surface area contributed by atoms with Crippen LogP contribution in [-0.2, 0) is 14.3 Å². The maximum absolute atomic E-state index is 12.1. The molecule has 3 rings (SSSR count). The van der Waals surface area contributed by atoms with Crippen molar-refractivity contribution >= 4 is 85.0 Å². The normalized spacial score (nSPS) is 15.0. The topological polar surface area (TPSA) is 65.0 Å². The Kier molecular flexibility index (Phi) is 6.13. The van der Waals surface area contributed by atoms with Crippen LogP contribution in [0, 0.1) is 7.14 Å². The molecule has 0 unspecified atom stereocenters. The third kappa shape index (κ3) is 4.52. The van der Waals surface area contributed by atoms with Gasteiger partial charge in [-0.05, 0) is 87.2 Å². The van der Waals surface area contributed by atoms with Gasteiger partial charge in [-0.15, -0.1) is 0 Å². The number of hydrogen-bond acceptors (Lipinski definition) is 5. The molecule has 0 aromatic heterocycles. The van der Waals surface area contributed by atoms with E-state index in [9.17, 15) is 9.59 Å². The lowest BCUT2D eigenvalue weighted by Crippen LogP contribution is -2.05. The minimum Gasteiger partial charge on any atom is -0.424 e. The fourth-order valence-corrected chi connectivity index (χ4v) is 4.65. The highest BCUT2D eigenvalue weighted by atomic mass is 127. The molecule has 1 heterocycles. The van der Waals surface area contributed by atoms with Gasteiger partial charge in [-0.1, -0.05) is 22.0 Å². The zero-order valence-electron chi connectivity index (χ0n) is 13.3. The van der Waals surface area contributed by atoms with Gasteiger partial charge < -0.3 is 9.47 Å². The first-order valence-corrected chi connectivity index (χ1v) is 10.2. The molecule has 5 nitrogen and oxygen atoms in total. The van der Waals surface area contributed by atoms with Crippen LogP contribution in [0.5, 0.6) is 5.75 Å². The van der Waals surface area contributed by atoms with Crippen molar-refractivity contribution in [2.24, 2.45) is 4.99 Å². The summed E-state index contributed by atoms with van der Waals surface area (Å²) in [7, 11) is 0. The van der Waals surface area contributed by atoms with Gasteiger partial charge in [-0.25, -0.2) is 9.79 Å². The SMILES string of the molecule is CC(=O)Oc1c(I)cc(/C=C2\N=C(c3cccc(Br)c3)OC2=O)cc1I. The van der Waals surface area contributed by atoms with Crippen molar-refractivity contribution in [3.05, 3.63) is 64.8 Å². The fraction of sp³-hybridized carbons (Fsp3) is 0.0556. The van der Waals surface area contributed by atoms with Crippen molar-refractivity contribution < 1.29 is 19.1 Å². The Labute approximate surface area is 185 Å². The molecule has 2 aromatic rings. The van der Waals surface area contributed by atoms with Crippen molar-refractivity contribution in [1.82, 2.24) is 0 Å². The zero-order chi connectivity index (χ0) is 18.8. The highest BCUT2D eigenvalue weighted by Crippen LogP contribution is 2.30. The molecule has 0 bridgehead atoms. The summed E-state index contributed by atoms with van der Waals surface area (Å²) < 4.78 is 12.9. The lowest BCUT2D eigenvalue weighted by Gasteiger charge is -2.08. The molecule has 8 heteroatoms. The highest BCUT2D eigenvalue weighted by molar-refractivity contribution is 14.1. The Bertz CT molecular complexity index is 962. The fourth-order valence-electron chi connectivity index (χ4n) is 2.22. The quantitative estimate of drug-likeness (QED) is 0.207. The number of hydrogen-bond donors (Lipinski definition) is 0. The van der Waals surface area contributed by atoms with Crippen LogP contribution in [0.3, 0.4) is 0 Å². The number of rotatable bonds is 3. The van der Waals surface area contributed by atoms with Crippen molar-refractivity contribution in [2.45, 2.75) is 6.92 Å². The molecular weight excluding hydrogens is 628 g/mol. The number of carbonyl (C=O) groups excluding carboxylic acids is 2. The van der Waals surface area contributed by atoms with Gasteiger partial charge in [0.05, 0.1) is 7.14 Å². The first-order chi connectivity index (χ1) is 12.3. The van der Waals surface area contributed by atoms with Crippen molar-refractivity contribution in [3.8, 4) is 5.75 Å². The Morgan fingerprint density at radius 1 is 1.23 bits per heavy atom. The molecule has 0 saturated heterocycles. The molecular formula is C18H10BrI2NO4. The molecule has 0 saturated carbocycles.